The van der Waals surface area contributed by atoms with Gasteiger partial charge in [0.25, 0.3) is 5.91 Å². The van der Waals surface area contributed by atoms with Crippen molar-refractivity contribution in [3.8, 4) is 17.2 Å². The molecule has 0 atom stereocenters. The molecule has 0 spiro atoms. The van der Waals surface area contributed by atoms with Crippen LogP contribution in [0.2, 0.25) is 0 Å². The van der Waals surface area contributed by atoms with Crippen molar-refractivity contribution in [1.29, 1.82) is 0 Å². The van der Waals surface area contributed by atoms with Gasteiger partial charge in [0.15, 0.2) is 11.7 Å². The number of hydrogen-bond donors (Lipinski definition) is 0. The zero-order valence-electron chi connectivity index (χ0n) is 19.2. The minimum Gasteiger partial charge on any atom is -0.495 e. The third-order valence-electron chi connectivity index (χ3n) is 5.62. The normalized spacial score (nSPS) is 14.3. The van der Waals surface area contributed by atoms with Crippen LogP contribution in [-0.4, -0.2) is 76.0 Å². The smallest absolute Gasteiger partial charge is 0.266 e. The number of aromatic nitrogens is 1. The maximum atomic E-state index is 13.3. The second-order valence-electron chi connectivity index (χ2n) is 7.70. The number of amides is 1. The van der Waals surface area contributed by atoms with Gasteiger partial charge in [-0.3, -0.25) is 14.6 Å². The molecule has 176 valence electrons. The molecule has 9 heteroatoms. The first kappa shape index (κ1) is 23.3. The Balaban J connectivity index is 1.60. The van der Waals surface area contributed by atoms with Crippen molar-refractivity contribution in [2.45, 2.75) is 6.92 Å². The van der Waals surface area contributed by atoms with Crippen LogP contribution < -0.4 is 19.1 Å². The molecule has 0 unspecified atom stereocenters. The first-order valence-electron chi connectivity index (χ1n) is 10.9. The molecule has 33 heavy (non-hydrogen) atoms. The second kappa shape index (κ2) is 10.8. The first-order chi connectivity index (χ1) is 16.1. The molecule has 8 nitrogen and oxygen atoms in total. The van der Waals surface area contributed by atoms with Crippen LogP contribution in [0, 0.1) is 6.92 Å². The lowest BCUT2D eigenvalue weighted by molar-refractivity contribution is -0.120. The van der Waals surface area contributed by atoms with Crippen LogP contribution in [0.4, 0.5) is 5.13 Å². The molecule has 0 radical (unpaired) electrons. The van der Waals surface area contributed by atoms with Gasteiger partial charge in [0.2, 0.25) is 0 Å². The van der Waals surface area contributed by atoms with Crippen molar-refractivity contribution in [1.82, 2.24) is 9.88 Å². The van der Waals surface area contributed by atoms with E-state index in [1.165, 1.54) is 11.3 Å². The van der Waals surface area contributed by atoms with Gasteiger partial charge < -0.3 is 18.9 Å². The number of methoxy groups -OCH3 is 2. The summed E-state index contributed by atoms with van der Waals surface area (Å²) in [6.07, 6.45) is 0. The van der Waals surface area contributed by atoms with Crippen LogP contribution in [0.1, 0.15) is 5.56 Å². The Morgan fingerprint density at radius 2 is 1.82 bits per heavy atom. The van der Waals surface area contributed by atoms with Gasteiger partial charge in [-0.05, 0) is 30.7 Å². The lowest BCUT2D eigenvalue weighted by Gasteiger charge is -2.29. The lowest BCUT2D eigenvalue weighted by Crippen LogP contribution is -2.44. The van der Waals surface area contributed by atoms with Crippen LogP contribution in [0.25, 0.3) is 10.2 Å². The average molecular weight is 472 g/mol. The van der Waals surface area contributed by atoms with E-state index in [9.17, 15) is 4.79 Å². The predicted octanol–water partition coefficient (Wildman–Crippen LogP) is 3.37. The van der Waals surface area contributed by atoms with Crippen LogP contribution in [0.15, 0.2) is 36.4 Å². The summed E-state index contributed by atoms with van der Waals surface area (Å²) in [4.78, 5) is 22.1. The molecule has 1 aromatic heterocycles. The molecule has 0 bridgehead atoms. The van der Waals surface area contributed by atoms with E-state index in [-0.39, 0.29) is 12.5 Å². The minimum absolute atomic E-state index is 0.0713. The zero-order valence-corrected chi connectivity index (χ0v) is 20.0. The third kappa shape index (κ3) is 5.38. The number of hydrogen-bond acceptors (Lipinski definition) is 8. The van der Waals surface area contributed by atoms with E-state index in [2.05, 4.69) is 4.90 Å². The number of aryl methyl sites for hydroxylation is 1. The number of carbonyl (C=O) groups is 1. The van der Waals surface area contributed by atoms with Gasteiger partial charge >= 0.3 is 0 Å². The SMILES string of the molecule is COc1ccc(OC)c2sc(N(CCN3CCOCC3)C(=O)COc3ccccc3C)nc12. The molecule has 1 saturated heterocycles. The van der Waals surface area contributed by atoms with E-state index >= 15 is 0 Å². The van der Waals surface area contributed by atoms with Crippen LogP contribution in [0.5, 0.6) is 17.2 Å². The van der Waals surface area contributed by atoms with Crippen molar-refractivity contribution in [3.05, 3.63) is 42.0 Å². The number of rotatable bonds is 9. The predicted molar refractivity (Wildman–Crippen MR) is 129 cm³/mol. The van der Waals surface area contributed by atoms with E-state index in [1.54, 1.807) is 19.1 Å². The number of anilines is 1. The largest absolute Gasteiger partial charge is 0.495 e. The summed E-state index contributed by atoms with van der Waals surface area (Å²) >= 11 is 1.42. The molecule has 2 heterocycles. The Morgan fingerprint density at radius 1 is 1.09 bits per heavy atom. The summed E-state index contributed by atoms with van der Waals surface area (Å²) in [6.45, 7) is 6.23. The molecule has 1 aliphatic rings. The summed E-state index contributed by atoms with van der Waals surface area (Å²) < 4.78 is 23.2. The van der Waals surface area contributed by atoms with Gasteiger partial charge in [-0.15, -0.1) is 0 Å². The number of ether oxygens (including phenoxy) is 4. The highest BCUT2D eigenvalue weighted by molar-refractivity contribution is 7.22. The van der Waals surface area contributed by atoms with E-state index in [4.69, 9.17) is 23.9 Å². The minimum atomic E-state index is -0.150. The molecule has 2 aromatic carbocycles. The molecule has 1 fully saturated rings. The highest BCUT2D eigenvalue weighted by Crippen LogP contribution is 2.40. The van der Waals surface area contributed by atoms with Crippen LogP contribution in [-0.2, 0) is 9.53 Å². The standard InChI is InChI=1S/C24H29N3O5S/c1-17-6-4-5-7-18(17)32-16-21(28)27(11-10-26-12-14-31-15-13-26)24-25-22-19(29-2)8-9-20(30-3)23(22)33-24/h4-9H,10-16H2,1-3H3. The average Bonchev–Trinajstić information content (AvgIpc) is 3.29. The van der Waals surface area contributed by atoms with Crippen molar-refractivity contribution in [2.24, 2.45) is 0 Å². The molecular formula is C24H29N3O5S. The molecule has 1 aliphatic heterocycles. The van der Waals surface area contributed by atoms with E-state index in [1.807, 2.05) is 43.3 Å². The first-order valence-corrected chi connectivity index (χ1v) is 11.7. The monoisotopic (exact) mass is 471 g/mol. The van der Waals surface area contributed by atoms with Crippen molar-refractivity contribution < 1.29 is 23.7 Å². The fourth-order valence-corrected chi connectivity index (χ4v) is 4.84. The van der Waals surface area contributed by atoms with Crippen molar-refractivity contribution in [2.75, 3.05) is 65.1 Å². The van der Waals surface area contributed by atoms with Gasteiger partial charge in [-0.1, -0.05) is 29.5 Å². The Bertz CT molecular complexity index is 1060. The summed E-state index contributed by atoms with van der Waals surface area (Å²) in [7, 11) is 3.23. The number of fused-ring (bicyclic) bond motifs is 1. The molecule has 0 saturated carbocycles. The third-order valence-corrected chi connectivity index (χ3v) is 6.71. The topological polar surface area (TPSA) is 73.4 Å². The van der Waals surface area contributed by atoms with Gasteiger partial charge in [0.05, 0.1) is 27.4 Å². The highest BCUT2D eigenvalue weighted by atomic mass is 32.1. The molecule has 0 N–H and O–H groups in total. The molecule has 1 amide bonds. The fourth-order valence-electron chi connectivity index (χ4n) is 3.72. The van der Waals surface area contributed by atoms with E-state index in [0.29, 0.717) is 47.7 Å². The Kier molecular flexibility index (Phi) is 7.64. The maximum Gasteiger partial charge on any atom is 0.266 e. The Labute approximate surface area is 197 Å². The summed E-state index contributed by atoms with van der Waals surface area (Å²) in [5.41, 5.74) is 1.67. The summed E-state index contributed by atoms with van der Waals surface area (Å²) in [5, 5.41) is 0.597. The Morgan fingerprint density at radius 3 is 2.55 bits per heavy atom. The van der Waals surface area contributed by atoms with E-state index in [0.717, 1.165) is 29.9 Å². The van der Waals surface area contributed by atoms with Gasteiger partial charge in [-0.25, -0.2) is 4.98 Å². The number of para-hydroxylation sites is 1. The highest BCUT2D eigenvalue weighted by Gasteiger charge is 2.24. The van der Waals surface area contributed by atoms with Crippen molar-refractivity contribution >= 4 is 32.6 Å². The molecule has 4 rings (SSSR count). The number of carbonyl (C=O) groups excluding carboxylic acids is 1. The Hall–Kier alpha value is -2.88. The van der Waals surface area contributed by atoms with Crippen molar-refractivity contribution in [3.63, 3.8) is 0 Å². The maximum absolute atomic E-state index is 13.3. The fraction of sp³-hybridized carbons (Fsp3) is 0.417. The number of morpholine rings is 1. The number of benzene rings is 2. The second-order valence-corrected chi connectivity index (χ2v) is 8.68. The van der Waals surface area contributed by atoms with E-state index < -0.39 is 0 Å². The summed E-state index contributed by atoms with van der Waals surface area (Å²) in [6, 6.07) is 11.3. The van der Waals surface area contributed by atoms with Crippen LogP contribution in [0.3, 0.4) is 0 Å². The van der Waals surface area contributed by atoms with Gasteiger partial charge in [0.1, 0.15) is 27.5 Å². The summed E-state index contributed by atoms with van der Waals surface area (Å²) in [5.74, 6) is 1.89. The number of thiazole rings is 1. The van der Waals surface area contributed by atoms with Gasteiger partial charge in [-0.2, -0.15) is 0 Å². The lowest BCUT2D eigenvalue weighted by atomic mass is 10.2. The molecule has 0 aliphatic carbocycles. The van der Waals surface area contributed by atoms with Gasteiger partial charge in [0, 0.05) is 26.2 Å². The molecular weight excluding hydrogens is 442 g/mol. The number of nitrogens with zero attached hydrogens (tertiary/aromatic N) is 3. The quantitative estimate of drug-likeness (QED) is 0.474. The molecule has 3 aromatic rings. The van der Waals surface area contributed by atoms with Crippen LogP contribution >= 0.6 is 11.3 Å². The zero-order chi connectivity index (χ0) is 23.2.